The third-order valence-electron chi connectivity index (χ3n) is 5.18. The number of hydrogen-bond acceptors (Lipinski definition) is 4. The molecule has 1 fully saturated rings. The summed E-state index contributed by atoms with van der Waals surface area (Å²) in [6, 6.07) is 13.2. The first kappa shape index (κ1) is 22.7. The lowest BCUT2D eigenvalue weighted by molar-refractivity contribution is -0.124. The van der Waals surface area contributed by atoms with Crippen LogP contribution < -0.4 is 16.0 Å². The molecule has 0 aromatic heterocycles. The van der Waals surface area contributed by atoms with Crippen LogP contribution in [0.5, 0.6) is 0 Å². The fourth-order valence-corrected chi connectivity index (χ4v) is 3.51. The number of amides is 3. The van der Waals surface area contributed by atoms with Gasteiger partial charge in [-0.25, -0.2) is 9.18 Å². The van der Waals surface area contributed by atoms with E-state index in [1.165, 1.54) is 12.1 Å². The Balaban J connectivity index is 1.49. The number of halogens is 1. The van der Waals surface area contributed by atoms with Crippen molar-refractivity contribution in [1.29, 1.82) is 0 Å². The minimum Gasteiger partial charge on any atom is -0.368 e. The van der Waals surface area contributed by atoms with Gasteiger partial charge in [-0.05, 0) is 62.3 Å². The maximum Gasteiger partial charge on any atom is 0.315 e. The van der Waals surface area contributed by atoms with Crippen LogP contribution in [0.2, 0.25) is 0 Å². The molecular formula is C23H29FN4O3. The molecule has 166 valence electrons. The quantitative estimate of drug-likeness (QED) is 0.604. The standard InChI is InChI=1S/C23H29FN4O3/c1-28(2)20(17-7-4-8-18(24)13-17)15-26-23(30)25-14-16-6-3-9-19(12-16)27-22(29)21-10-5-11-31-21/h3-4,6-9,12-13,20-21H,5,10-11,14-15H2,1-2H3,(H,27,29)(H2,25,26,30). The van der Waals surface area contributed by atoms with E-state index in [1.807, 2.05) is 43.3 Å². The highest BCUT2D eigenvalue weighted by Gasteiger charge is 2.23. The Hall–Kier alpha value is -2.97. The molecule has 0 bridgehead atoms. The third-order valence-corrected chi connectivity index (χ3v) is 5.18. The summed E-state index contributed by atoms with van der Waals surface area (Å²) in [6.07, 6.45) is 1.23. The van der Waals surface area contributed by atoms with Crippen LogP contribution in [-0.4, -0.2) is 50.2 Å². The fourth-order valence-electron chi connectivity index (χ4n) is 3.51. The molecule has 0 saturated carbocycles. The van der Waals surface area contributed by atoms with Gasteiger partial charge in [-0.3, -0.25) is 4.79 Å². The smallest absolute Gasteiger partial charge is 0.315 e. The van der Waals surface area contributed by atoms with Crippen LogP contribution >= 0.6 is 0 Å². The highest BCUT2D eigenvalue weighted by molar-refractivity contribution is 5.94. The predicted octanol–water partition coefficient (Wildman–Crippen LogP) is 3.05. The average Bonchev–Trinajstić information content (AvgIpc) is 3.28. The van der Waals surface area contributed by atoms with Crippen LogP contribution in [-0.2, 0) is 16.1 Å². The van der Waals surface area contributed by atoms with Crippen molar-refractivity contribution in [3.8, 4) is 0 Å². The molecule has 3 rings (SSSR count). The monoisotopic (exact) mass is 428 g/mol. The van der Waals surface area contributed by atoms with E-state index in [1.54, 1.807) is 12.1 Å². The molecule has 31 heavy (non-hydrogen) atoms. The Bertz CT molecular complexity index is 900. The number of hydrogen-bond donors (Lipinski definition) is 3. The van der Waals surface area contributed by atoms with Crippen molar-refractivity contribution >= 4 is 17.6 Å². The van der Waals surface area contributed by atoms with Gasteiger partial charge in [0.25, 0.3) is 5.91 Å². The Labute approximate surface area is 182 Å². The molecule has 2 aromatic carbocycles. The van der Waals surface area contributed by atoms with Crippen LogP contribution in [0.4, 0.5) is 14.9 Å². The molecule has 0 aliphatic carbocycles. The van der Waals surface area contributed by atoms with Crippen LogP contribution in [0.1, 0.15) is 30.0 Å². The normalized spacial score (nSPS) is 16.7. The Morgan fingerprint density at radius 3 is 2.68 bits per heavy atom. The van der Waals surface area contributed by atoms with E-state index < -0.39 is 6.10 Å². The van der Waals surface area contributed by atoms with Gasteiger partial charge in [-0.1, -0.05) is 24.3 Å². The lowest BCUT2D eigenvalue weighted by Gasteiger charge is -2.25. The molecule has 1 aliphatic rings. The molecule has 2 unspecified atom stereocenters. The van der Waals surface area contributed by atoms with Crippen LogP contribution in [0.25, 0.3) is 0 Å². The number of benzene rings is 2. The van der Waals surface area contributed by atoms with E-state index in [9.17, 15) is 14.0 Å². The summed E-state index contributed by atoms with van der Waals surface area (Å²) < 4.78 is 18.9. The van der Waals surface area contributed by atoms with E-state index >= 15 is 0 Å². The van der Waals surface area contributed by atoms with E-state index in [-0.39, 0.29) is 23.8 Å². The number of carbonyl (C=O) groups is 2. The van der Waals surface area contributed by atoms with Gasteiger partial charge >= 0.3 is 6.03 Å². The van der Waals surface area contributed by atoms with Crippen LogP contribution in [0.3, 0.4) is 0 Å². The number of nitrogens with zero attached hydrogens (tertiary/aromatic N) is 1. The summed E-state index contributed by atoms with van der Waals surface area (Å²) in [4.78, 5) is 26.4. The first-order valence-electron chi connectivity index (χ1n) is 10.4. The van der Waals surface area contributed by atoms with Gasteiger partial charge in [0, 0.05) is 25.4 Å². The minimum absolute atomic E-state index is 0.146. The lowest BCUT2D eigenvalue weighted by atomic mass is 10.1. The zero-order valence-electron chi connectivity index (χ0n) is 17.9. The molecule has 8 heteroatoms. The van der Waals surface area contributed by atoms with Gasteiger partial charge < -0.3 is 25.6 Å². The minimum atomic E-state index is -0.393. The summed E-state index contributed by atoms with van der Waals surface area (Å²) in [5.74, 6) is -0.451. The summed E-state index contributed by atoms with van der Waals surface area (Å²) in [6.45, 7) is 1.26. The first-order chi connectivity index (χ1) is 14.9. The van der Waals surface area contributed by atoms with Crippen molar-refractivity contribution in [2.24, 2.45) is 0 Å². The largest absolute Gasteiger partial charge is 0.368 e. The van der Waals surface area contributed by atoms with Gasteiger partial charge in [0.05, 0.1) is 6.04 Å². The van der Waals surface area contributed by atoms with E-state index in [2.05, 4.69) is 16.0 Å². The van der Waals surface area contributed by atoms with Crippen molar-refractivity contribution < 1.29 is 18.7 Å². The van der Waals surface area contributed by atoms with Gasteiger partial charge in [0.15, 0.2) is 0 Å². The van der Waals surface area contributed by atoms with Crippen molar-refractivity contribution in [2.75, 3.05) is 32.6 Å². The summed E-state index contributed by atoms with van der Waals surface area (Å²) in [5, 5.41) is 8.51. The Morgan fingerprint density at radius 1 is 1.16 bits per heavy atom. The molecule has 7 nitrogen and oxygen atoms in total. The summed E-state index contributed by atoms with van der Waals surface area (Å²) in [7, 11) is 3.76. The molecule has 3 amide bonds. The molecule has 1 aliphatic heterocycles. The zero-order valence-corrected chi connectivity index (χ0v) is 17.9. The molecular weight excluding hydrogens is 399 g/mol. The molecule has 0 radical (unpaired) electrons. The maximum atomic E-state index is 13.5. The SMILES string of the molecule is CN(C)C(CNC(=O)NCc1cccc(NC(=O)C2CCCO2)c1)c1cccc(F)c1. The fraction of sp³-hybridized carbons (Fsp3) is 0.391. The summed E-state index contributed by atoms with van der Waals surface area (Å²) >= 11 is 0. The highest BCUT2D eigenvalue weighted by Crippen LogP contribution is 2.18. The van der Waals surface area contributed by atoms with Gasteiger partial charge in [-0.15, -0.1) is 0 Å². The average molecular weight is 429 g/mol. The third kappa shape index (κ3) is 6.77. The number of nitrogens with one attached hydrogen (secondary N) is 3. The van der Waals surface area contributed by atoms with Gasteiger partial charge in [0.2, 0.25) is 0 Å². The second-order valence-electron chi connectivity index (χ2n) is 7.79. The molecule has 0 spiro atoms. The first-order valence-corrected chi connectivity index (χ1v) is 10.4. The number of ether oxygens (including phenoxy) is 1. The molecule has 2 atom stereocenters. The maximum absolute atomic E-state index is 13.5. The molecule has 2 aromatic rings. The van der Waals surface area contributed by atoms with Gasteiger partial charge in [0.1, 0.15) is 11.9 Å². The van der Waals surface area contributed by atoms with Crippen molar-refractivity contribution in [1.82, 2.24) is 15.5 Å². The highest BCUT2D eigenvalue weighted by atomic mass is 19.1. The zero-order chi connectivity index (χ0) is 22.2. The summed E-state index contributed by atoms with van der Waals surface area (Å²) in [5.41, 5.74) is 2.31. The number of carbonyl (C=O) groups excluding carboxylic acids is 2. The van der Waals surface area contributed by atoms with E-state index in [4.69, 9.17) is 4.74 Å². The number of anilines is 1. The Kier molecular flexibility index (Phi) is 7.97. The molecule has 1 saturated heterocycles. The number of urea groups is 1. The second kappa shape index (κ2) is 10.9. The van der Waals surface area contributed by atoms with Crippen molar-refractivity contribution in [3.05, 3.63) is 65.5 Å². The van der Waals surface area contributed by atoms with Crippen molar-refractivity contribution in [3.63, 3.8) is 0 Å². The van der Waals surface area contributed by atoms with Crippen LogP contribution in [0.15, 0.2) is 48.5 Å². The molecule has 1 heterocycles. The predicted molar refractivity (Wildman–Crippen MR) is 117 cm³/mol. The molecule has 3 N–H and O–H groups in total. The lowest BCUT2D eigenvalue weighted by Crippen LogP contribution is -2.40. The number of rotatable bonds is 8. The van der Waals surface area contributed by atoms with E-state index in [0.717, 1.165) is 24.0 Å². The second-order valence-corrected chi connectivity index (χ2v) is 7.79. The van der Waals surface area contributed by atoms with Crippen molar-refractivity contribution in [2.45, 2.75) is 31.5 Å². The topological polar surface area (TPSA) is 82.7 Å². The van der Waals surface area contributed by atoms with Gasteiger partial charge in [-0.2, -0.15) is 0 Å². The van der Waals surface area contributed by atoms with Crippen LogP contribution in [0, 0.1) is 5.82 Å². The number of likely N-dealkylation sites (N-methyl/N-ethyl adjacent to an activating group) is 1. The van der Waals surface area contributed by atoms with E-state index in [0.29, 0.717) is 25.4 Å². The Morgan fingerprint density at radius 2 is 1.97 bits per heavy atom.